The van der Waals surface area contributed by atoms with E-state index in [9.17, 15) is 9.18 Å². The molecule has 94 valence electrons. The maximum absolute atomic E-state index is 13.4. The van der Waals surface area contributed by atoms with Crippen molar-refractivity contribution in [1.82, 2.24) is 19.4 Å². The number of imidazole rings is 1. The van der Waals surface area contributed by atoms with Gasteiger partial charge in [0.25, 0.3) is 5.91 Å². The molecular formula is C12H13FN4O. The van der Waals surface area contributed by atoms with Crippen LogP contribution in [-0.2, 0) is 13.6 Å². The SMILES string of the molecule is CN(Cc1nccn1C)C(=O)c1cccnc1F. The average Bonchev–Trinajstić information content (AvgIpc) is 2.75. The first-order chi connectivity index (χ1) is 8.59. The summed E-state index contributed by atoms with van der Waals surface area (Å²) in [6.45, 7) is 0.316. The number of hydrogen-bond donors (Lipinski definition) is 0. The molecule has 0 aliphatic heterocycles. The normalized spacial score (nSPS) is 10.4. The Bertz CT molecular complexity index is 567. The molecule has 2 aromatic heterocycles. The van der Waals surface area contributed by atoms with E-state index in [2.05, 4.69) is 9.97 Å². The monoisotopic (exact) mass is 248 g/mol. The van der Waals surface area contributed by atoms with E-state index in [0.717, 1.165) is 5.82 Å². The molecule has 2 aromatic rings. The second-order valence-electron chi connectivity index (χ2n) is 3.96. The van der Waals surface area contributed by atoms with Crippen molar-refractivity contribution in [3.05, 3.63) is 48.1 Å². The quantitative estimate of drug-likeness (QED) is 0.767. The first-order valence-corrected chi connectivity index (χ1v) is 5.42. The average molecular weight is 248 g/mol. The van der Waals surface area contributed by atoms with Crippen LogP contribution in [-0.4, -0.2) is 32.4 Å². The van der Waals surface area contributed by atoms with Crippen LogP contribution in [0.1, 0.15) is 16.2 Å². The zero-order valence-corrected chi connectivity index (χ0v) is 10.2. The zero-order chi connectivity index (χ0) is 13.1. The minimum Gasteiger partial charge on any atom is -0.337 e. The first-order valence-electron chi connectivity index (χ1n) is 5.42. The van der Waals surface area contributed by atoms with Crippen molar-refractivity contribution in [2.45, 2.75) is 6.54 Å². The van der Waals surface area contributed by atoms with E-state index in [0.29, 0.717) is 6.54 Å². The lowest BCUT2D eigenvalue weighted by Gasteiger charge is -2.16. The molecule has 6 heteroatoms. The highest BCUT2D eigenvalue weighted by Crippen LogP contribution is 2.09. The number of hydrogen-bond acceptors (Lipinski definition) is 3. The van der Waals surface area contributed by atoms with Crippen LogP contribution in [0.5, 0.6) is 0 Å². The van der Waals surface area contributed by atoms with Crippen LogP contribution >= 0.6 is 0 Å². The number of carbonyl (C=O) groups excluding carboxylic acids is 1. The number of carbonyl (C=O) groups is 1. The molecule has 0 saturated carbocycles. The molecule has 0 aliphatic rings. The van der Waals surface area contributed by atoms with Gasteiger partial charge in [0.2, 0.25) is 5.95 Å². The largest absolute Gasteiger partial charge is 0.337 e. The minimum absolute atomic E-state index is 0.0331. The lowest BCUT2D eigenvalue weighted by Crippen LogP contribution is -2.28. The van der Waals surface area contributed by atoms with Crippen molar-refractivity contribution >= 4 is 5.91 Å². The van der Waals surface area contributed by atoms with E-state index < -0.39 is 11.9 Å². The van der Waals surface area contributed by atoms with Crippen LogP contribution in [0.2, 0.25) is 0 Å². The van der Waals surface area contributed by atoms with Crippen LogP contribution in [0.4, 0.5) is 4.39 Å². The Morgan fingerprint density at radius 2 is 2.22 bits per heavy atom. The van der Waals surface area contributed by atoms with Gasteiger partial charge in [0.15, 0.2) is 0 Å². The molecule has 2 rings (SSSR count). The maximum atomic E-state index is 13.4. The van der Waals surface area contributed by atoms with Gasteiger partial charge in [-0.1, -0.05) is 0 Å². The first kappa shape index (κ1) is 12.2. The summed E-state index contributed by atoms with van der Waals surface area (Å²) in [4.78, 5) is 21.0. The Hall–Kier alpha value is -2.24. The molecule has 18 heavy (non-hydrogen) atoms. The molecule has 5 nitrogen and oxygen atoms in total. The van der Waals surface area contributed by atoms with E-state index in [1.807, 2.05) is 11.6 Å². The zero-order valence-electron chi connectivity index (χ0n) is 10.2. The molecule has 0 aromatic carbocycles. The molecule has 0 bridgehead atoms. The molecule has 0 N–H and O–H groups in total. The standard InChI is InChI=1S/C12H13FN4O/c1-16-7-6-14-10(16)8-17(2)12(18)9-4-3-5-15-11(9)13/h3-7H,8H2,1-2H3. The molecule has 0 radical (unpaired) electrons. The van der Waals surface area contributed by atoms with E-state index in [-0.39, 0.29) is 5.56 Å². The van der Waals surface area contributed by atoms with E-state index in [1.54, 1.807) is 19.4 Å². The van der Waals surface area contributed by atoms with Gasteiger partial charge < -0.3 is 9.47 Å². The summed E-state index contributed by atoms with van der Waals surface area (Å²) in [5.41, 5.74) is -0.0331. The molecule has 0 saturated heterocycles. The number of aryl methyl sites for hydroxylation is 1. The van der Waals surface area contributed by atoms with Crippen molar-refractivity contribution in [3.8, 4) is 0 Å². The molecule has 0 atom stereocenters. The van der Waals surface area contributed by atoms with E-state index >= 15 is 0 Å². The van der Waals surface area contributed by atoms with Gasteiger partial charge in [-0.2, -0.15) is 4.39 Å². The fraction of sp³-hybridized carbons (Fsp3) is 0.250. The topological polar surface area (TPSA) is 51.0 Å². The van der Waals surface area contributed by atoms with Gasteiger partial charge in [-0.25, -0.2) is 9.97 Å². The summed E-state index contributed by atoms with van der Waals surface area (Å²) in [6, 6.07) is 2.95. The predicted octanol–water partition coefficient (Wildman–Crippen LogP) is 1.23. The Morgan fingerprint density at radius 1 is 1.44 bits per heavy atom. The van der Waals surface area contributed by atoms with E-state index in [1.165, 1.54) is 23.2 Å². The number of rotatable bonds is 3. The summed E-state index contributed by atoms with van der Waals surface area (Å²) in [5, 5.41) is 0. The van der Waals surface area contributed by atoms with Crippen LogP contribution in [0, 0.1) is 5.95 Å². The van der Waals surface area contributed by atoms with Crippen molar-refractivity contribution in [2.75, 3.05) is 7.05 Å². The predicted molar refractivity (Wildman–Crippen MR) is 63.2 cm³/mol. The number of halogens is 1. The number of amides is 1. The lowest BCUT2D eigenvalue weighted by atomic mass is 10.2. The van der Waals surface area contributed by atoms with Crippen molar-refractivity contribution in [1.29, 1.82) is 0 Å². The van der Waals surface area contributed by atoms with Gasteiger partial charge >= 0.3 is 0 Å². The molecular weight excluding hydrogens is 235 g/mol. The third-order valence-electron chi connectivity index (χ3n) is 2.64. The summed E-state index contributed by atoms with van der Waals surface area (Å²) in [6.07, 6.45) is 4.75. The highest BCUT2D eigenvalue weighted by molar-refractivity contribution is 5.93. The Balaban J connectivity index is 2.15. The van der Waals surface area contributed by atoms with Crippen LogP contribution in [0.15, 0.2) is 30.7 Å². The second kappa shape index (κ2) is 4.95. The molecule has 0 unspecified atom stereocenters. The summed E-state index contributed by atoms with van der Waals surface area (Å²) < 4.78 is 15.2. The van der Waals surface area contributed by atoms with Crippen LogP contribution in [0.3, 0.4) is 0 Å². The van der Waals surface area contributed by atoms with E-state index in [4.69, 9.17) is 0 Å². The number of aromatic nitrogens is 3. The van der Waals surface area contributed by atoms with Gasteiger partial charge in [0, 0.05) is 32.7 Å². The van der Waals surface area contributed by atoms with Crippen molar-refractivity contribution in [3.63, 3.8) is 0 Å². The van der Waals surface area contributed by atoms with Gasteiger partial charge in [-0.15, -0.1) is 0 Å². The molecule has 1 amide bonds. The highest BCUT2D eigenvalue weighted by atomic mass is 19.1. The van der Waals surface area contributed by atoms with Crippen molar-refractivity contribution < 1.29 is 9.18 Å². The molecule has 2 heterocycles. The van der Waals surface area contributed by atoms with Crippen LogP contribution < -0.4 is 0 Å². The fourth-order valence-corrected chi connectivity index (χ4v) is 1.58. The molecule has 0 spiro atoms. The Morgan fingerprint density at radius 3 is 2.83 bits per heavy atom. The third-order valence-corrected chi connectivity index (χ3v) is 2.64. The summed E-state index contributed by atoms with van der Waals surface area (Å²) in [5.74, 6) is -0.437. The van der Waals surface area contributed by atoms with Gasteiger partial charge in [-0.05, 0) is 12.1 Å². The fourth-order valence-electron chi connectivity index (χ4n) is 1.58. The van der Waals surface area contributed by atoms with Crippen LogP contribution in [0.25, 0.3) is 0 Å². The van der Waals surface area contributed by atoms with Gasteiger partial charge in [-0.3, -0.25) is 4.79 Å². The Kier molecular flexibility index (Phi) is 3.36. The molecule has 0 aliphatic carbocycles. The highest BCUT2D eigenvalue weighted by Gasteiger charge is 2.17. The summed E-state index contributed by atoms with van der Waals surface area (Å²) in [7, 11) is 3.44. The van der Waals surface area contributed by atoms with Crippen molar-refractivity contribution in [2.24, 2.45) is 7.05 Å². The summed E-state index contributed by atoms with van der Waals surface area (Å²) >= 11 is 0. The van der Waals surface area contributed by atoms with Gasteiger partial charge in [0.1, 0.15) is 5.82 Å². The Labute approximate surface area is 104 Å². The van der Waals surface area contributed by atoms with Gasteiger partial charge in [0.05, 0.1) is 12.1 Å². The number of nitrogens with zero attached hydrogens (tertiary/aromatic N) is 4. The number of pyridine rings is 1. The lowest BCUT2D eigenvalue weighted by molar-refractivity contribution is 0.0775. The third kappa shape index (κ3) is 2.37. The molecule has 0 fully saturated rings. The second-order valence-corrected chi connectivity index (χ2v) is 3.96. The minimum atomic E-state index is -0.755. The maximum Gasteiger partial charge on any atom is 0.258 e. The smallest absolute Gasteiger partial charge is 0.258 e.